The molecule has 0 unspecified atom stereocenters. The summed E-state index contributed by atoms with van der Waals surface area (Å²) in [4.78, 5) is 23.0. The average Bonchev–Trinajstić information content (AvgIpc) is 2.83. The molecule has 0 bridgehead atoms. The Hall–Kier alpha value is -2.30. The molecule has 0 aliphatic heterocycles. The molecular weight excluding hydrogens is 292 g/mol. The highest BCUT2D eigenvalue weighted by Crippen LogP contribution is 2.22. The zero-order chi connectivity index (χ0) is 17.0. The number of benzene rings is 1. The normalized spacial score (nSPS) is 11.6. The Morgan fingerprint density at radius 1 is 1.26 bits per heavy atom. The smallest absolute Gasteiger partial charge is 0.303 e. The number of fused-ring (bicyclic) bond motifs is 1. The number of rotatable bonds is 7. The Kier molecular flexibility index (Phi) is 5.08. The summed E-state index contributed by atoms with van der Waals surface area (Å²) in [6.07, 6.45) is 2.77. The van der Waals surface area contributed by atoms with Gasteiger partial charge in [-0.2, -0.15) is 0 Å². The molecule has 5 heteroatoms. The zero-order valence-electron chi connectivity index (χ0n) is 13.9. The number of aliphatic carboxylic acids is 1. The molecule has 0 saturated carbocycles. The molecule has 124 valence electrons. The molecule has 2 rings (SSSR count). The molecule has 0 aliphatic rings. The van der Waals surface area contributed by atoms with Gasteiger partial charge >= 0.3 is 5.97 Å². The lowest BCUT2D eigenvalue weighted by Gasteiger charge is -2.25. The Balaban J connectivity index is 2.10. The largest absolute Gasteiger partial charge is 0.481 e. The van der Waals surface area contributed by atoms with E-state index in [0.29, 0.717) is 12.8 Å². The van der Waals surface area contributed by atoms with Crippen LogP contribution in [0.1, 0.15) is 39.2 Å². The zero-order valence-corrected chi connectivity index (χ0v) is 13.9. The van der Waals surface area contributed by atoms with Crippen molar-refractivity contribution in [1.82, 2.24) is 9.88 Å². The van der Waals surface area contributed by atoms with E-state index >= 15 is 0 Å². The van der Waals surface area contributed by atoms with E-state index in [1.807, 2.05) is 38.2 Å². The number of carbonyl (C=O) groups is 2. The van der Waals surface area contributed by atoms with Crippen LogP contribution in [0.4, 0.5) is 0 Å². The number of hydrogen-bond acceptors (Lipinski definition) is 2. The Labute approximate surface area is 136 Å². The van der Waals surface area contributed by atoms with E-state index in [0.717, 1.165) is 23.0 Å². The van der Waals surface area contributed by atoms with Gasteiger partial charge in [0.15, 0.2) is 0 Å². The predicted molar refractivity (Wildman–Crippen MR) is 90.4 cm³/mol. The number of carbonyl (C=O) groups excluding carboxylic acids is 1. The average molecular weight is 316 g/mol. The first-order chi connectivity index (χ1) is 10.8. The topological polar surface area (TPSA) is 71.3 Å². The minimum atomic E-state index is -0.849. The summed E-state index contributed by atoms with van der Waals surface area (Å²) in [6.45, 7) is 6.63. The number of aryl methyl sites for hydroxylation is 1. The number of aromatic nitrogens is 1. The SMILES string of the molecule is CCn1cc(CC(=O)NC(C)(C)CCC(=O)O)c2ccccc21. The molecule has 1 aromatic heterocycles. The number of carboxylic acids is 1. The lowest BCUT2D eigenvalue weighted by molar-refractivity contribution is -0.137. The van der Waals surface area contributed by atoms with Crippen molar-refractivity contribution in [1.29, 1.82) is 0 Å². The maximum atomic E-state index is 12.3. The van der Waals surface area contributed by atoms with Gasteiger partial charge in [-0.3, -0.25) is 9.59 Å². The molecule has 5 nitrogen and oxygen atoms in total. The van der Waals surface area contributed by atoms with Crippen LogP contribution in [0.5, 0.6) is 0 Å². The highest BCUT2D eigenvalue weighted by Gasteiger charge is 2.22. The second-order valence-corrected chi connectivity index (χ2v) is 6.46. The third kappa shape index (κ3) is 4.34. The van der Waals surface area contributed by atoms with Gasteiger partial charge in [-0.1, -0.05) is 18.2 Å². The molecule has 0 aliphatic carbocycles. The van der Waals surface area contributed by atoms with Crippen LogP contribution in [-0.4, -0.2) is 27.1 Å². The molecule has 1 amide bonds. The first-order valence-electron chi connectivity index (χ1n) is 7.92. The maximum Gasteiger partial charge on any atom is 0.303 e. The van der Waals surface area contributed by atoms with Crippen LogP contribution in [0.3, 0.4) is 0 Å². The number of carboxylic acid groups (broad SMARTS) is 1. The van der Waals surface area contributed by atoms with Crippen LogP contribution in [0.25, 0.3) is 10.9 Å². The minimum Gasteiger partial charge on any atom is -0.481 e. The Bertz CT molecular complexity index is 716. The number of nitrogens with one attached hydrogen (secondary N) is 1. The van der Waals surface area contributed by atoms with Crippen LogP contribution >= 0.6 is 0 Å². The van der Waals surface area contributed by atoms with Crippen molar-refractivity contribution in [3.63, 3.8) is 0 Å². The van der Waals surface area contributed by atoms with Crippen molar-refractivity contribution in [3.8, 4) is 0 Å². The molecule has 23 heavy (non-hydrogen) atoms. The van der Waals surface area contributed by atoms with Crippen LogP contribution in [0.15, 0.2) is 30.5 Å². The Morgan fingerprint density at radius 2 is 1.96 bits per heavy atom. The predicted octanol–water partition coefficient (Wildman–Crippen LogP) is 2.96. The fourth-order valence-corrected chi connectivity index (χ4v) is 2.80. The first-order valence-corrected chi connectivity index (χ1v) is 7.92. The minimum absolute atomic E-state index is 0.0441. The van der Waals surface area contributed by atoms with Crippen molar-refractivity contribution < 1.29 is 14.7 Å². The van der Waals surface area contributed by atoms with Gasteiger partial charge in [-0.05, 0) is 38.8 Å². The van der Waals surface area contributed by atoms with E-state index in [1.165, 1.54) is 0 Å². The molecule has 0 atom stereocenters. The molecule has 1 heterocycles. The number of para-hydroxylation sites is 1. The molecular formula is C18H24N2O3. The van der Waals surface area contributed by atoms with Crippen LogP contribution < -0.4 is 5.32 Å². The van der Waals surface area contributed by atoms with Gasteiger partial charge in [-0.15, -0.1) is 0 Å². The van der Waals surface area contributed by atoms with E-state index < -0.39 is 11.5 Å². The van der Waals surface area contributed by atoms with Crippen molar-refractivity contribution >= 4 is 22.8 Å². The first kappa shape index (κ1) is 17.1. The molecule has 2 N–H and O–H groups in total. The number of hydrogen-bond donors (Lipinski definition) is 2. The summed E-state index contributed by atoms with van der Waals surface area (Å²) in [5.41, 5.74) is 1.59. The van der Waals surface area contributed by atoms with Crippen LogP contribution in [0.2, 0.25) is 0 Å². The van der Waals surface area contributed by atoms with E-state index in [9.17, 15) is 9.59 Å². The standard InChI is InChI=1S/C18H24N2O3/c1-4-20-12-13(14-7-5-6-8-15(14)20)11-16(21)19-18(2,3)10-9-17(22)23/h5-8,12H,4,9-11H2,1-3H3,(H,19,21)(H,22,23). The van der Waals surface area contributed by atoms with Gasteiger partial charge in [0.2, 0.25) is 5.91 Å². The third-order valence-corrected chi connectivity index (χ3v) is 4.00. The summed E-state index contributed by atoms with van der Waals surface area (Å²) >= 11 is 0. The van der Waals surface area contributed by atoms with Gasteiger partial charge in [-0.25, -0.2) is 0 Å². The summed E-state index contributed by atoms with van der Waals surface area (Å²) in [5.74, 6) is -0.933. The number of amides is 1. The quantitative estimate of drug-likeness (QED) is 0.825. The molecule has 0 spiro atoms. The van der Waals surface area contributed by atoms with Crippen molar-refractivity contribution in [3.05, 3.63) is 36.0 Å². The van der Waals surface area contributed by atoms with Gasteiger partial charge in [0.05, 0.1) is 6.42 Å². The van der Waals surface area contributed by atoms with E-state index in [4.69, 9.17) is 5.11 Å². The summed E-state index contributed by atoms with van der Waals surface area (Å²) in [5, 5.41) is 12.8. The third-order valence-electron chi connectivity index (χ3n) is 4.00. The lowest BCUT2D eigenvalue weighted by Crippen LogP contribution is -2.44. The maximum absolute atomic E-state index is 12.3. The molecule has 0 saturated heterocycles. The highest BCUT2D eigenvalue weighted by molar-refractivity contribution is 5.89. The van der Waals surface area contributed by atoms with Crippen LogP contribution in [0, 0.1) is 0 Å². The van der Waals surface area contributed by atoms with Gasteiger partial charge in [0.1, 0.15) is 0 Å². The van der Waals surface area contributed by atoms with Crippen molar-refractivity contribution in [2.24, 2.45) is 0 Å². The second kappa shape index (κ2) is 6.86. The molecule has 1 aromatic carbocycles. The molecule has 2 aromatic rings. The van der Waals surface area contributed by atoms with Crippen molar-refractivity contribution in [2.45, 2.75) is 52.1 Å². The second-order valence-electron chi connectivity index (χ2n) is 6.46. The summed E-state index contributed by atoms with van der Waals surface area (Å²) < 4.78 is 2.13. The van der Waals surface area contributed by atoms with Crippen molar-refractivity contribution in [2.75, 3.05) is 0 Å². The highest BCUT2D eigenvalue weighted by atomic mass is 16.4. The fraction of sp³-hybridized carbons (Fsp3) is 0.444. The van der Waals surface area contributed by atoms with Gasteiger partial charge < -0.3 is 15.0 Å². The monoisotopic (exact) mass is 316 g/mol. The molecule has 0 radical (unpaired) electrons. The molecule has 0 fully saturated rings. The van der Waals surface area contributed by atoms with E-state index in [1.54, 1.807) is 0 Å². The number of nitrogens with zero attached hydrogens (tertiary/aromatic N) is 1. The van der Waals surface area contributed by atoms with Gasteiger partial charge in [0.25, 0.3) is 0 Å². The summed E-state index contributed by atoms with van der Waals surface area (Å²) in [6, 6.07) is 8.05. The van der Waals surface area contributed by atoms with E-state index in [-0.39, 0.29) is 12.3 Å². The van der Waals surface area contributed by atoms with E-state index in [2.05, 4.69) is 22.9 Å². The van der Waals surface area contributed by atoms with Gasteiger partial charge in [0, 0.05) is 35.6 Å². The fourth-order valence-electron chi connectivity index (χ4n) is 2.80. The summed E-state index contributed by atoms with van der Waals surface area (Å²) in [7, 11) is 0. The lowest BCUT2D eigenvalue weighted by atomic mass is 9.98. The Morgan fingerprint density at radius 3 is 2.61 bits per heavy atom. The van der Waals surface area contributed by atoms with Crippen LogP contribution in [-0.2, 0) is 22.6 Å².